The molecule has 0 aromatic heterocycles. The Morgan fingerprint density at radius 3 is 1.92 bits per heavy atom. The van der Waals surface area contributed by atoms with E-state index >= 15 is 0 Å². The zero-order valence-electron chi connectivity index (χ0n) is 21.7. The van der Waals surface area contributed by atoms with Gasteiger partial charge in [-0.25, -0.2) is 0 Å². The van der Waals surface area contributed by atoms with Gasteiger partial charge in [0, 0.05) is 5.92 Å². The minimum absolute atomic E-state index is 0.0662. The maximum Gasteiger partial charge on any atom is 0.121 e. The zero-order valence-corrected chi connectivity index (χ0v) is 23.3. The molecule has 0 N–H and O–H groups in total. The lowest BCUT2D eigenvalue weighted by atomic mass is 9.70. The molecule has 8 saturated carbocycles. The third-order valence-corrected chi connectivity index (χ3v) is 11.8. The van der Waals surface area contributed by atoms with Crippen molar-refractivity contribution in [1.82, 2.24) is 0 Å². The number of hydrogen-bond acceptors (Lipinski definition) is 2. The molecule has 0 heterocycles. The Bertz CT molecular complexity index is 1080. The van der Waals surface area contributed by atoms with Crippen molar-refractivity contribution in [3.8, 4) is 0 Å². The fraction of sp³-hybridized carbons (Fsp3) is 0.636. The predicted molar refractivity (Wildman–Crippen MR) is 150 cm³/mol. The van der Waals surface area contributed by atoms with Gasteiger partial charge in [-0.2, -0.15) is 0 Å². The molecule has 4 heteroatoms. The first-order valence-electron chi connectivity index (χ1n) is 14.6. The molecule has 8 aliphatic rings. The van der Waals surface area contributed by atoms with Gasteiger partial charge in [0.15, 0.2) is 0 Å². The Balaban J connectivity index is 0.000000125. The molecule has 10 rings (SSSR count). The van der Waals surface area contributed by atoms with Gasteiger partial charge < -0.3 is 9.47 Å². The van der Waals surface area contributed by atoms with Crippen molar-refractivity contribution < 1.29 is 9.47 Å². The summed E-state index contributed by atoms with van der Waals surface area (Å²) in [6.07, 6.45) is 12.0. The standard InChI is InChI=1S/C17H21ClO.C16H19ClO/c18-11-19-17-10-13-6-14(9-15(17)7-13)16(17)8-12-4-2-1-3-5-12;17-10-18-16-9-11-6-13(8-14(16)7-11)15(16)12-4-2-1-3-5-12/h1-5,13-16H,6-11H2;1-5,11,13-15H,6-10H2. The van der Waals surface area contributed by atoms with Crippen molar-refractivity contribution in [1.29, 1.82) is 0 Å². The highest BCUT2D eigenvalue weighted by atomic mass is 35.5. The molecular formula is C33H40Cl2O2. The molecule has 2 nitrogen and oxygen atoms in total. The summed E-state index contributed by atoms with van der Waals surface area (Å²) >= 11 is 11.9. The second kappa shape index (κ2) is 9.84. The molecule has 2 aromatic rings. The maximum absolute atomic E-state index is 6.17. The predicted octanol–water partition coefficient (Wildman–Crippen LogP) is 8.42. The van der Waals surface area contributed by atoms with E-state index < -0.39 is 0 Å². The average molecular weight is 540 g/mol. The van der Waals surface area contributed by atoms with Gasteiger partial charge in [0.2, 0.25) is 0 Å². The van der Waals surface area contributed by atoms with E-state index in [1.807, 2.05) is 0 Å². The van der Waals surface area contributed by atoms with E-state index in [0.717, 1.165) is 35.5 Å². The molecule has 0 amide bonds. The second-order valence-electron chi connectivity index (χ2n) is 13.1. The molecule has 10 atom stereocenters. The second-order valence-corrected chi connectivity index (χ2v) is 13.5. The van der Waals surface area contributed by atoms with E-state index in [4.69, 9.17) is 32.7 Å². The van der Waals surface area contributed by atoms with Gasteiger partial charge in [0.05, 0.1) is 11.2 Å². The first-order valence-corrected chi connectivity index (χ1v) is 15.7. The molecule has 8 aliphatic carbocycles. The monoisotopic (exact) mass is 538 g/mol. The minimum atomic E-state index is 0.0662. The van der Waals surface area contributed by atoms with Crippen molar-refractivity contribution in [2.24, 2.45) is 41.4 Å². The maximum atomic E-state index is 6.17. The van der Waals surface area contributed by atoms with Gasteiger partial charge in [0.25, 0.3) is 0 Å². The van der Waals surface area contributed by atoms with Gasteiger partial charge in [-0.3, -0.25) is 0 Å². The third kappa shape index (κ3) is 4.03. The summed E-state index contributed by atoms with van der Waals surface area (Å²) in [6.45, 7) is 0. The summed E-state index contributed by atoms with van der Waals surface area (Å²) in [7, 11) is 0. The van der Waals surface area contributed by atoms with Crippen LogP contribution < -0.4 is 0 Å². The van der Waals surface area contributed by atoms with Crippen molar-refractivity contribution in [3.05, 3.63) is 71.8 Å². The summed E-state index contributed by atoms with van der Waals surface area (Å²) in [5, 5.41) is 0. The lowest BCUT2D eigenvalue weighted by Crippen LogP contribution is -2.43. The van der Waals surface area contributed by atoms with Gasteiger partial charge in [-0.1, -0.05) is 83.9 Å². The number of alkyl halides is 2. The van der Waals surface area contributed by atoms with Crippen LogP contribution in [0.4, 0.5) is 0 Å². The summed E-state index contributed by atoms with van der Waals surface area (Å²) in [4.78, 5) is 0. The normalized spacial score (nSPS) is 43.8. The van der Waals surface area contributed by atoms with Crippen LogP contribution >= 0.6 is 23.2 Å². The Hall–Kier alpha value is -1.06. The van der Waals surface area contributed by atoms with E-state index in [2.05, 4.69) is 60.7 Å². The Kier molecular flexibility index (Phi) is 6.64. The number of ether oxygens (including phenoxy) is 2. The van der Waals surface area contributed by atoms with Gasteiger partial charge in [0.1, 0.15) is 12.1 Å². The van der Waals surface area contributed by atoms with Gasteiger partial charge in [-0.15, -0.1) is 0 Å². The van der Waals surface area contributed by atoms with Crippen LogP contribution in [0.2, 0.25) is 0 Å². The van der Waals surface area contributed by atoms with Crippen molar-refractivity contribution in [3.63, 3.8) is 0 Å². The van der Waals surface area contributed by atoms with Crippen LogP contribution in [-0.4, -0.2) is 23.3 Å². The van der Waals surface area contributed by atoms with Crippen LogP contribution in [-0.2, 0) is 15.9 Å². The number of hydrogen-bond donors (Lipinski definition) is 0. The molecule has 8 fully saturated rings. The Morgan fingerprint density at radius 1 is 0.649 bits per heavy atom. The van der Waals surface area contributed by atoms with Crippen molar-refractivity contribution >= 4 is 23.2 Å². The molecule has 0 spiro atoms. The molecule has 198 valence electrons. The zero-order chi connectivity index (χ0) is 25.0. The first kappa shape index (κ1) is 24.9. The molecule has 0 saturated heterocycles. The summed E-state index contributed by atoms with van der Waals surface area (Å²) in [5.41, 5.74) is 3.11. The highest BCUT2D eigenvalue weighted by molar-refractivity contribution is 6.17. The SMILES string of the molecule is ClCOC12CC3CC(CC1C3)C2Cc1ccccc1.ClCOC12CC3CC(CC1C3)C2c1ccccc1. The summed E-state index contributed by atoms with van der Waals surface area (Å²) < 4.78 is 12.3. The lowest BCUT2D eigenvalue weighted by molar-refractivity contribution is -0.0856. The van der Waals surface area contributed by atoms with E-state index in [1.165, 1.54) is 68.9 Å². The fourth-order valence-corrected chi connectivity index (χ4v) is 11.2. The van der Waals surface area contributed by atoms with E-state index in [-0.39, 0.29) is 11.2 Å². The van der Waals surface area contributed by atoms with Crippen LogP contribution in [0.15, 0.2) is 60.7 Å². The summed E-state index contributed by atoms with van der Waals surface area (Å²) in [5.74, 6) is 6.33. The number of halogens is 2. The number of benzene rings is 2. The third-order valence-electron chi connectivity index (χ3n) is 11.6. The van der Waals surface area contributed by atoms with Crippen LogP contribution in [0, 0.1) is 41.4 Å². The van der Waals surface area contributed by atoms with E-state index in [0.29, 0.717) is 24.0 Å². The van der Waals surface area contributed by atoms with Gasteiger partial charge in [-0.05, 0) is 110 Å². The molecule has 37 heavy (non-hydrogen) atoms. The molecule has 2 aromatic carbocycles. The van der Waals surface area contributed by atoms with Crippen molar-refractivity contribution in [2.45, 2.75) is 74.9 Å². The highest BCUT2D eigenvalue weighted by Crippen LogP contribution is 2.68. The van der Waals surface area contributed by atoms with Gasteiger partial charge >= 0.3 is 0 Å². The molecule has 10 unspecified atom stereocenters. The quantitative estimate of drug-likeness (QED) is 0.329. The Morgan fingerprint density at radius 2 is 1.22 bits per heavy atom. The van der Waals surface area contributed by atoms with Crippen molar-refractivity contribution in [2.75, 3.05) is 12.1 Å². The largest absolute Gasteiger partial charge is 0.359 e. The van der Waals surface area contributed by atoms with Crippen LogP contribution in [0.5, 0.6) is 0 Å². The highest BCUT2D eigenvalue weighted by Gasteiger charge is 2.65. The van der Waals surface area contributed by atoms with E-state index in [1.54, 1.807) is 0 Å². The van der Waals surface area contributed by atoms with E-state index in [9.17, 15) is 0 Å². The molecular weight excluding hydrogens is 499 g/mol. The lowest BCUT2D eigenvalue weighted by Gasteiger charge is -2.41. The minimum Gasteiger partial charge on any atom is -0.359 e. The molecule has 0 radical (unpaired) electrons. The van der Waals surface area contributed by atoms with Crippen LogP contribution in [0.1, 0.15) is 68.4 Å². The van der Waals surface area contributed by atoms with Crippen LogP contribution in [0.3, 0.4) is 0 Å². The first-order chi connectivity index (χ1) is 18.1. The summed E-state index contributed by atoms with van der Waals surface area (Å²) in [6, 6.07) is 22.6. The van der Waals surface area contributed by atoms with Crippen LogP contribution in [0.25, 0.3) is 0 Å². The fourth-order valence-electron chi connectivity index (χ4n) is 10.7. The average Bonchev–Trinajstić information content (AvgIpc) is 3.47. The topological polar surface area (TPSA) is 18.5 Å². The molecule has 0 aliphatic heterocycles. The molecule has 8 bridgehead atoms. The number of rotatable bonds is 7. The smallest absolute Gasteiger partial charge is 0.121 e. The Labute approximate surface area is 232 Å².